The summed E-state index contributed by atoms with van der Waals surface area (Å²) >= 11 is 0. The highest BCUT2D eigenvalue weighted by atomic mass is 16.3. The van der Waals surface area contributed by atoms with Gasteiger partial charge in [0.15, 0.2) is 0 Å². The predicted octanol–water partition coefficient (Wildman–Crippen LogP) is 2.91. The van der Waals surface area contributed by atoms with E-state index in [0.717, 1.165) is 37.5 Å². The molecule has 4 heterocycles. The highest BCUT2D eigenvalue weighted by molar-refractivity contribution is 5.83. The van der Waals surface area contributed by atoms with Crippen LogP contribution >= 0.6 is 0 Å². The lowest BCUT2D eigenvalue weighted by molar-refractivity contribution is -0.126. The first-order chi connectivity index (χ1) is 15.3. The van der Waals surface area contributed by atoms with E-state index in [2.05, 4.69) is 49.0 Å². The number of carbonyl (C=O) groups is 2. The second-order valence-electron chi connectivity index (χ2n) is 9.33. The lowest BCUT2D eigenvalue weighted by Crippen LogP contribution is -2.54. The molecule has 0 saturated carbocycles. The SMILES string of the molecule is CC(C)C[C@@H]1NC[C@@H](c2ccco2)NC1=O.CC(C)C[C@@H]1NC[C@H](c2ccco2)NC1=O. The van der Waals surface area contributed by atoms with Crippen molar-refractivity contribution < 1.29 is 18.4 Å². The lowest BCUT2D eigenvalue weighted by atomic mass is 10.00. The Morgan fingerprint density at radius 1 is 0.781 bits per heavy atom. The van der Waals surface area contributed by atoms with E-state index in [4.69, 9.17) is 8.83 Å². The van der Waals surface area contributed by atoms with Crippen LogP contribution in [-0.4, -0.2) is 37.0 Å². The van der Waals surface area contributed by atoms with E-state index in [0.29, 0.717) is 11.8 Å². The zero-order valence-corrected chi connectivity index (χ0v) is 19.4. The Balaban J connectivity index is 0.000000181. The number of carbonyl (C=O) groups excluding carboxylic acids is 2. The number of nitrogens with one attached hydrogen (secondary N) is 4. The molecule has 0 unspecified atom stereocenters. The molecular formula is C24H36N4O4. The van der Waals surface area contributed by atoms with Crippen LogP contribution in [0.15, 0.2) is 45.6 Å². The maximum absolute atomic E-state index is 11.8. The van der Waals surface area contributed by atoms with Crippen molar-refractivity contribution in [3.63, 3.8) is 0 Å². The fraction of sp³-hybridized carbons (Fsp3) is 0.583. The Hall–Kier alpha value is -2.58. The fourth-order valence-corrected chi connectivity index (χ4v) is 4.00. The molecule has 2 fully saturated rings. The smallest absolute Gasteiger partial charge is 0.237 e. The van der Waals surface area contributed by atoms with E-state index in [1.54, 1.807) is 12.5 Å². The molecule has 0 aliphatic carbocycles. The van der Waals surface area contributed by atoms with E-state index in [9.17, 15) is 9.59 Å². The fourth-order valence-electron chi connectivity index (χ4n) is 4.00. The molecule has 0 spiro atoms. The average Bonchev–Trinajstić information content (AvgIpc) is 3.45. The van der Waals surface area contributed by atoms with Crippen LogP contribution in [0.2, 0.25) is 0 Å². The molecule has 4 atom stereocenters. The van der Waals surface area contributed by atoms with Crippen molar-refractivity contribution in [2.45, 2.75) is 64.7 Å². The van der Waals surface area contributed by atoms with Crippen molar-refractivity contribution in [1.29, 1.82) is 0 Å². The summed E-state index contributed by atoms with van der Waals surface area (Å²) in [6, 6.07) is 7.24. The van der Waals surface area contributed by atoms with Gasteiger partial charge in [0.1, 0.15) is 11.5 Å². The number of hydrogen-bond acceptors (Lipinski definition) is 6. The minimum Gasteiger partial charge on any atom is -0.467 e. The van der Waals surface area contributed by atoms with Crippen molar-refractivity contribution in [1.82, 2.24) is 21.3 Å². The van der Waals surface area contributed by atoms with Gasteiger partial charge in [-0.15, -0.1) is 0 Å². The van der Waals surface area contributed by atoms with Crippen LogP contribution in [0, 0.1) is 11.8 Å². The molecule has 2 aromatic heterocycles. The maximum Gasteiger partial charge on any atom is 0.237 e. The quantitative estimate of drug-likeness (QED) is 0.546. The first-order valence-electron chi connectivity index (χ1n) is 11.5. The summed E-state index contributed by atoms with van der Waals surface area (Å²) < 4.78 is 10.6. The van der Waals surface area contributed by atoms with Crippen LogP contribution in [0.25, 0.3) is 0 Å². The Morgan fingerprint density at radius 3 is 1.47 bits per heavy atom. The van der Waals surface area contributed by atoms with Gasteiger partial charge in [-0.3, -0.25) is 9.59 Å². The molecule has 8 nitrogen and oxygen atoms in total. The number of rotatable bonds is 6. The van der Waals surface area contributed by atoms with Crippen LogP contribution in [0.4, 0.5) is 0 Å². The largest absolute Gasteiger partial charge is 0.467 e. The summed E-state index contributed by atoms with van der Waals surface area (Å²) in [4.78, 5) is 23.6. The summed E-state index contributed by atoms with van der Waals surface area (Å²) in [5.74, 6) is 2.79. The second kappa shape index (κ2) is 11.3. The molecule has 2 amide bonds. The molecule has 2 aromatic rings. The highest BCUT2D eigenvalue weighted by Gasteiger charge is 2.30. The summed E-state index contributed by atoms with van der Waals surface area (Å²) in [5, 5.41) is 12.5. The Bertz CT molecular complexity index is 762. The first-order valence-corrected chi connectivity index (χ1v) is 11.5. The van der Waals surface area contributed by atoms with Crippen LogP contribution in [0.1, 0.15) is 64.1 Å². The Morgan fingerprint density at radius 2 is 1.19 bits per heavy atom. The molecule has 4 rings (SSSR count). The van der Waals surface area contributed by atoms with Crippen molar-refractivity contribution in [2.75, 3.05) is 13.1 Å². The highest BCUT2D eigenvalue weighted by Crippen LogP contribution is 2.19. The monoisotopic (exact) mass is 444 g/mol. The van der Waals surface area contributed by atoms with Gasteiger partial charge in [-0.1, -0.05) is 27.7 Å². The second-order valence-corrected chi connectivity index (χ2v) is 9.33. The van der Waals surface area contributed by atoms with E-state index in [1.807, 2.05) is 24.3 Å². The van der Waals surface area contributed by atoms with Gasteiger partial charge >= 0.3 is 0 Å². The van der Waals surface area contributed by atoms with Gasteiger partial charge in [0.05, 0.1) is 36.7 Å². The third kappa shape index (κ3) is 6.71. The number of amides is 2. The molecule has 0 aromatic carbocycles. The molecule has 2 aliphatic heterocycles. The molecule has 4 N–H and O–H groups in total. The lowest BCUT2D eigenvalue weighted by Gasteiger charge is -2.30. The Kier molecular flexibility index (Phi) is 8.53. The molecule has 0 bridgehead atoms. The summed E-state index contributed by atoms with van der Waals surface area (Å²) in [7, 11) is 0. The summed E-state index contributed by atoms with van der Waals surface area (Å²) in [5.41, 5.74) is 0. The number of piperazine rings is 2. The van der Waals surface area contributed by atoms with E-state index >= 15 is 0 Å². The van der Waals surface area contributed by atoms with Gasteiger partial charge in [0.2, 0.25) is 11.8 Å². The molecule has 8 heteroatoms. The maximum atomic E-state index is 11.8. The topological polar surface area (TPSA) is 109 Å². The molecule has 176 valence electrons. The van der Waals surface area contributed by atoms with Crippen molar-refractivity contribution in [3.8, 4) is 0 Å². The third-order valence-electron chi connectivity index (χ3n) is 5.59. The predicted molar refractivity (Wildman–Crippen MR) is 122 cm³/mol. The van der Waals surface area contributed by atoms with Gasteiger partial charge in [-0.25, -0.2) is 0 Å². The van der Waals surface area contributed by atoms with Crippen LogP contribution in [0.5, 0.6) is 0 Å². The molecule has 2 aliphatic rings. The van der Waals surface area contributed by atoms with Crippen molar-refractivity contribution in [2.24, 2.45) is 11.8 Å². The first kappa shape index (κ1) is 24.1. The van der Waals surface area contributed by atoms with E-state index in [1.165, 1.54) is 0 Å². The number of furan rings is 2. The van der Waals surface area contributed by atoms with Gasteiger partial charge < -0.3 is 30.1 Å². The molecule has 0 radical (unpaired) electrons. The third-order valence-corrected chi connectivity index (χ3v) is 5.59. The average molecular weight is 445 g/mol. The standard InChI is InChI=1S/2C12H18N2O2/c2*1-8(2)6-9-12(15)14-10(7-13-9)11-4-3-5-16-11/h2*3-5,8-10,13H,6-7H2,1-2H3,(H,14,15)/t9-,10+;9-,10-/m00/s1. The Labute approximate surface area is 189 Å². The van der Waals surface area contributed by atoms with Crippen LogP contribution < -0.4 is 21.3 Å². The molecular weight excluding hydrogens is 408 g/mol. The zero-order valence-electron chi connectivity index (χ0n) is 19.4. The van der Waals surface area contributed by atoms with E-state index < -0.39 is 0 Å². The summed E-state index contributed by atoms with van der Waals surface area (Å²) in [6.45, 7) is 9.94. The van der Waals surface area contributed by atoms with Crippen LogP contribution in [0.3, 0.4) is 0 Å². The van der Waals surface area contributed by atoms with E-state index in [-0.39, 0.29) is 36.0 Å². The minimum atomic E-state index is -0.0637. The van der Waals surface area contributed by atoms with Crippen LogP contribution in [-0.2, 0) is 9.59 Å². The molecule has 32 heavy (non-hydrogen) atoms. The molecule has 2 saturated heterocycles. The van der Waals surface area contributed by atoms with Crippen molar-refractivity contribution >= 4 is 11.8 Å². The summed E-state index contributed by atoms with van der Waals surface area (Å²) in [6.07, 6.45) is 5.00. The van der Waals surface area contributed by atoms with Crippen molar-refractivity contribution in [3.05, 3.63) is 48.3 Å². The van der Waals surface area contributed by atoms with Gasteiger partial charge in [0.25, 0.3) is 0 Å². The number of hydrogen-bond donors (Lipinski definition) is 4. The van der Waals surface area contributed by atoms with Gasteiger partial charge in [0, 0.05) is 13.1 Å². The van der Waals surface area contributed by atoms with Gasteiger partial charge in [-0.05, 0) is 48.9 Å². The van der Waals surface area contributed by atoms with Gasteiger partial charge in [-0.2, -0.15) is 0 Å². The zero-order chi connectivity index (χ0) is 23.1. The normalized spacial score (nSPS) is 25.8. The minimum absolute atomic E-state index is 0.0362.